The summed E-state index contributed by atoms with van der Waals surface area (Å²) >= 11 is 5.92. The lowest BCUT2D eigenvalue weighted by molar-refractivity contribution is 0.0967. The number of likely N-dealkylation sites (tertiary alicyclic amines) is 1. The van der Waals surface area contributed by atoms with Crippen molar-refractivity contribution in [2.45, 2.75) is 19.4 Å². The van der Waals surface area contributed by atoms with Crippen molar-refractivity contribution in [3.8, 4) is 0 Å². The number of carbonyl (C=O) groups excluding carboxylic acids is 1. The molecule has 1 aliphatic heterocycles. The molecule has 1 aliphatic rings. The lowest BCUT2D eigenvalue weighted by Crippen LogP contribution is -2.34. The number of hydrogen-bond donors (Lipinski definition) is 0. The first-order chi connectivity index (χ1) is 9.47. The summed E-state index contributed by atoms with van der Waals surface area (Å²) in [6, 6.07) is 7.80. The Kier molecular flexibility index (Phi) is 5.19. The van der Waals surface area contributed by atoms with Gasteiger partial charge in [-0.25, -0.2) is 0 Å². The second-order valence-corrected chi connectivity index (χ2v) is 6.39. The SMILES string of the molecule is CC1CN(CCC(=O)c2cccc(Cl)c2)CC1N(C)C. The van der Waals surface area contributed by atoms with Gasteiger partial charge in [0.25, 0.3) is 0 Å². The molecular weight excluding hydrogens is 272 g/mol. The van der Waals surface area contributed by atoms with Gasteiger partial charge in [0.1, 0.15) is 0 Å². The van der Waals surface area contributed by atoms with Crippen LogP contribution in [0.15, 0.2) is 24.3 Å². The fourth-order valence-electron chi connectivity index (χ4n) is 2.97. The van der Waals surface area contributed by atoms with E-state index in [0.29, 0.717) is 29.0 Å². The molecule has 1 saturated heterocycles. The second-order valence-electron chi connectivity index (χ2n) is 5.95. The number of likely N-dealkylation sites (N-methyl/N-ethyl adjacent to an activating group) is 1. The van der Waals surface area contributed by atoms with E-state index in [9.17, 15) is 4.79 Å². The molecule has 1 heterocycles. The Morgan fingerprint density at radius 3 is 2.75 bits per heavy atom. The first kappa shape index (κ1) is 15.5. The zero-order valence-corrected chi connectivity index (χ0v) is 13.2. The van der Waals surface area contributed by atoms with Gasteiger partial charge in [0.15, 0.2) is 5.78 Å². The Labute approximate surface area is 126 Å². The van der Waals surface area contributed by atoms with Gasteiger partial charge in [0, 0.05) is 42.7 Å². The van der Waals surface area contributed by atoms with Crippen molar-refractivity contribution in [2.24, 2.45) is 5.92 Å². The van der Waals surface area contributed by atoms with Gasteiger partial charge < -0.3 is 9.80 Å². The Balaban J connectivity index is 1.86. The van der Waals surface area contributed by atoms with E-state index in [2.05, 4.69) is 30.8 Å². The lowest BCUT2D eigenvalue weighted by atomic mass is 10.1. The van der Waals surface area contributed by atoms with Crippen LogP contribution in [0.25, 0.3) is 0 Å². The van der Waals surface area contributed by atoms with E-state index in [0.717, 1.165) is 19.6 Å². The number of rotatable bonds is 5. The minimum absolute atomic E-state index is 0.174. The van der Waals surface area contributed by atoms with E-state index in [1.54, 1.807) is 12.1 Å². The van der Waals surface area contributed by atoms with Crippen molar-refractivity contribution < 1.29 is 4.79 Å². The molecule has 4 heteroatoms. The number of Topliss-reactive ketones (excluding diaryl/α,β-unsaturated/α-hetero) is 1. The van der Waals surface area contributed by atoms with Gasteiger partial charge in [-0.1, -0.05) is 30.7 Å². The van der Waals surface area contributed by atoms with Crippen LogP contribution in [-0.2, 0) is 0 Å². The normalized spacial score (nSPS) is 23.4. The summed E-state index contributed by atoms with van der Waals surface area (Å²) in [6.07, 6.45) is 0.563. The molecular formula is C16H23ClN2O. The highest BCUT2D eigenvalue weighted by Crippen LogP contribution is 2.20. The molecule has 1 fully saturated rings. The molecule has 0 N–H and O–H groups in total. The molecule has 0 aliphatic carbocycles. The fraction of sp³-hybridized carbons (Fsp3) is 0.562. The van der Waals surface area contributed by atoms with Gasteiger partial charge in [-0.3, -0.25) is 4.79 Å². The maximum Gasteiger partial charge on any atom is 0.164 e. The highest BCUT2D eigenvalue weighted by Gasteiger charge is 2.30. The zero-order chi connectivity index (χ0) is 14.7. The Morgan fingerprint density at radius 2 is 2.15 bits per heavy atom. The highest BCUT2D eigenvalue weighted by molar-refractivity contribution is 6.31. The van der Waals surface area contributed by atoms with E-state index in [1.165, 1.54) is 0 Å². The van der Waals surface area contributed by atoms with Gasteiger partial charge in [-0.05, 0) is 32.1 Å². The zero-order valence-electron chi connectivity index (χ0n) is 12.5. The molecule has 110 valence electrons. The highest BCUT2D eigenvalue weighted by atomic mass is 35.5. The predicted octanol–water partition coefficient (Wildman–Crippen LogP) is 2.79. The van der Waals surface area contributed by atoms with Crippen molar-refractivity contribution in [2.75, 3.05) is 33.7 Å². The van der Waals surface area contributed by atoms with E-state index >= 15 is 0 Å². The quantitative estimate of drug-likeness (QED) is 0.780. The molecule has 2 atom stereocenters. The van der Waals surface area contributed by atoms with Crippen LogP contribution in [-0.4, -0.2) is 55.4 Å². The van der Waals surface area contributed by atoms with Crippen molar-refractivity contribution >= 4 is 17.4 Å². The van der Waals surface area contributed by atoms with Crippen molar-refractivity contribution in [3.63, 3.8) is 0 Å². The third-order valence-corrected chi connectivity index (χ3v) is 4.35. The third-order valence-electron chi connectivity index (χ3n) is 4.11. The predicted molar refractivity (Wildman–Crippen MR) is 83.5 cm³/mol. The molecule has 0 aromatic heterocycles. The van der Waals surface area contributed by atoms with Crippen molar-refractivity contribution in [1.29, 1.82) is 0 Å². The summed E-state index contributed by atoms with van der Waals surface area (Å²) in [5, 5.41) is 0.623. The van der Waals surface area contributed by atoms with Gasteiger partial charge >= 0.3 is 0 Å². The molecule has 1 aromatic rings. The summed E-state index contributed by atoms with van der Waals surface area (Å²) in [4.78, 5) is 16.8. The van der Waals surface area contributed by atoms with Gasteiger partial charge in [0.2, 0.25) is 0 Å². The fourth-order valence-corrected chi connectivity index (χ4v) is 3.16. The Bertz CT molecular complexity index is 475. The van der Waals surface area contributed by atoms with Crippen LogP contribution in [0.4, 0.5) is 0 Å². The average Bonchev–Trinajstić information content (AvgIpc) is 2.77. The van der Waals surface area contributed by atoms with Crippen LogP contribution < -0.4 is 0 Å². The van der Waals surface area contributed by atoms with E-state index in [-0.39, 0.29) is 5.78 Å². The maximum atomic E-state index is 12.2. The first-order valence-electron chi connectivity index (χ1n) is 7.15. The molecule has 0 saturated carbocycles. The summed E-state index contributed by atoms with van der Waals surface area (Å²) in [6.45, 7) is 5.24. The minimum Gasteiger partial charge on any atom is -0.305 e. The van der Waals surface area contributed by atoms with Crippen LogP contribution in [0.5, 0.6) is 0 Å². The smallest absolute Gasteiger partial charge is 0.164 e. The molecule has 0 amide bonds. The van der Waals surface area contributed by atoms with Crippen molar-refractivity contribution in [3.05, 3.63) is 34.9 Å². The number of hydrogen-bond acceptors (Lipinski definition) is 3. The molecule has 0 radical (unpaired) electrons. The van der Waals surface area contributed by atoms with Crippen LogP contribution in [0.3, 0.4) is 0 Å². The minimum atomic E-state index is 0.174. The molecule has 0 bridgehead atoms. The standard InChI is InChI=1S/C16H23ClN2O/c1-12-10-19(11-15(12)18(2)3)8-7-16(20)13-5-4-6-14(17)9-13/h4-6,9,12,15H,7-8,10-11H2,1-3H3. The van der Waals surface area contributed by atoms with E-state index < -0.39 is 0 Å². The molecule has 0 spiro atoms. The lowest BCUT2D eigenvalue weighted by Gasteiger charge is -2.22. The number of benzene rings is 1. The first-order valence-corrected chi connectivity index (χ1v) is 7.52. The molecule has 2 rings (SSSR count). The molecule has 1 aromatic carbocycles. The molecule has 2 unspecified atom stereocenters. The average molecular weight is 295 g/mol. The summed E-state index contributed by atoms with van der Waals surface area (Å²) in [5.74, 6) is 0.833. The topological polar surface area (TPSA) is 23.6 Å². The third kappa shape index (κ3) is 3.81. The summed E-state index contributed by atoms with van der Waals surface area (Å²) < 4.78 is 0. The summed E-state index contributed by atoms with van der Waals surface area (Å²) in [7, 11) is 4.25. The largest absolute Gasteiger partial charge is 0.305 e. The Hall–Kier alpha value is -0.900. The monoisotopic (exact) mass is 294 g/mol. The van der Waals surface area contributed by atoms with Gasteiger partial charge in [-0.15, -0.1) is 0 Å². The number of nitrogens with zero attached hydrogens (tertiary/aromatic N) is 2. The Morgan fingerprint density at radius 1 is 1.40 bits per heavy atom. The van der Waals surface area contributed by atoms with Crippen LogP contribution >= 0.6 is 11.6 Å². The number of halogens is 1. The summed E-state index contributed by atoms with van der Waals surface area (Å²) in [5.41, 5.74) is 0.717. The van der Waals surface area contributed by atoms with Crippen LogP contribution in [0.2, 0.25) is 5.02 Å². The van der Waals surface area contributed by atoms with E-state index in [4.69, 9.17) is 11.6 Å². The van der Waals surface area contributed by atoms with Gasteiger partial charge in [0.05, 0.1) is 0 Å². The number of ketones is 1. The van der Waals surface area contributed by atoms with Crippen molar-refractivity contribution in [1.82, 2.24) is 9.80 Å². The van der Waals surface area contributed by atoms with Gasteiger partial charge in [-0.2, -0.15) is 0 Å². The van der Waals surface area contributed by atoms with Crippen LogP contribution in [0.1, 0.15) is 23.7 Å². The maximum absolute atomic E-state index is 12.2. The van der Waals surface area contributed by atoms with Crippen LogP contribution in [0, 0.1) is 5.92 Å². The number of carbonyl (C=O) groups is 1. The molecule has 3 nitrogen and oxygen atoms in total. The second kappa shape index (κ2) is 6.70. The molecule has 20 heavy (non-hydrogen) atoms. The van der Waals surface area contributed by atoms with E-state index in [1.807, 2.05) is 12.1 Å².